The first-order valence-electron chi connectivity index (χ1n) is 10.1. The summed E-state index contributed by atoms with van der Waals surface area (Å²) in [5, 5.41) is 12.0. The van der Waals surface area contributed by atoms with Gasteiger partial charge in [-0.1, -0.05) is 20.8 Å². The standard InChI is InChI=1S/C21H28N2O7Si/c1-11(30-31(5,6)21(2,3)4)17-13(22-18(17)25)10-15(24)12-7-8-16-14(9-12)23(19(26)27)20(28)29-16/h7-9,11,13,17H,10H2,1-6H3,(H,22,25)(H,26,27). The minimum Gasteiger partial charge on any atom is -0.464 e. The Labute approximate surface area is 180 Å². The molecule has 3 rings (SSSR count). The maximum atomic E-state index is 12.8. The molecular weight excluding hydrogens is 420 g/mol. The number of oxazole rings is 1. The van der Waals surface area contributed by atoms with Gasteiger partial charge in [-0.25, -0.2) is 9.59 Å². The van der Waals surface area contributed by atoms with E-state index in [2.05, 4.69) is 39.2 Å². The average Bonchev–Trinajstić information content (AvgIpc) is 2.94. The van der Waals surface area contributed by atoms with Gasteiger partial charge in [0.25, 0.3) is 0 Å². The van der Waals surface area contributed by atoms with E-state index in [1.165, 1.54) is 18.2 Å². The second-order valence-electron chi connectivity index (χ2n) is 9.52. The summed E-state index contributed by atoms with van der Waals surface area (Å²) in [6.07, 6.45) is -1.78. The topological polar surface area (TPSA) is 128 Å². The van der Waals surface area contributed by atoms with Gasteiger partial charge in [0.15, 0.2) is 19.7 Å². The summed E-state index contributed by atoms with van der Waals surface area (Å²) in [6.45, 7) is 12.5. The number of ketones is 1. The Morgan fingerprint density at radius 2 is 1.94 bits per heavy atom. The van der Waals surface area contributed by atoms with E-state index < -0.39 is 26.1 Å². The summed E-state index contributed by atoms with van der Waals surface area (Å²) in [5.74, 6) is -1.89. The molecule has 1 aliphatic heterocycles. The number of fused-ring (bicyclic) bond motifs is 1. The summed E-state index contributed by atoms with van der Waals surface area (Å²) < 4.78 is 11.7. The van der Waals surface area contributed by atoms with Crippen molar-refractivity contribution in [3.8, 4) is 0 Å². The molecule has 9 nitrogen and oxygen atoms in total. The van der Waals surface area contributed by atoms with E-state index in [1.807, 2.05) is 6.92 Å². The zero-order valence-corrected chi connectivity index (χ0v) is 19.5. The normalized spacial score (nSPS) is 20.3. The molecule has 0 bridgehead atoms. The van der Waals surface area contributed by atoms with Crippen molar-refractivity contribution in [3.05, 3.63) is 34.3 Å². The number of hydrogen-bond donors (Lipinski definition) is 2. The number of β-lactam (4-membered cyclic amide) rings is 1. The van der Waals surface area contributed by atoms with Crippen LogP contribution in [0.4, 0.5) is 4.79 Å². The molecule has 0 saturated carbocycles. The quantitative estimate of drug-likeness (QED) is 0.394. The third-order valence-electron chi connectivity index (χ3n) is 6.35. The highest BCUT2D eigenvalue weighted by Crippen LogP contribution is 2.39. The smallest absolute Gasteiger partial charge is 0.429 e. The van der Waals surface area contributed by atoms with Gasteiger partial charge in [-0.05, 0) is 43.3 Å². The van der Waals surface area contributed by atoms with Gasteiger partial charge in [-0.3, -0.25) is 9.59 Å². The van der Waals surface area contributed by atoms with E-state index >= 15 is 0 Å². The Morgan fingerprint density at radius 1 is 1.29 bits per heavy atom. The molecular formula is C21H28N2O7Si. The fraction of sp³-hybridized carbons (Fsp3) is 0.524. The SMILES string of the molecule is CC(O[Si](C)(C)C(C)(C)C)C1C(=O)NC1CC(=O)c1ccc2oc(=O)n(C(=O)O)c2c1. The van der Waals surface area contributed by atoms with Crippen LogP contribution in [0.25, 0.3) is 11.1 Å². The molecule has 1 aromatic carbocycles. The molecule has 0 radical (unpaired) electrons. The fourth-order valence-corrected chi connectivity index (χ4v) is 5.01. The Bertz CT molecular complexity index is 1110. The maximum Gasteiger partial charge on any atom is 0.429 e. The molecule has 2 heterocycles. The highest BCUT2D eigenvalue weighted by Gasteiger charge is 2.47. The Hall–Kier alpha value is -2.72. The molecule has 1 fully saturated rings. The molecule has 2 N–H and O–H groups in total. The van der Waals surface area contributed by atoms with Crippen LogP contribution < -0.4 is 11.1 Å². The number of Topliss-reactive ketones (excluding diaryl/α,β-unsaturated/α-hetero) is 1. The van der Waals surface area contributed by atoms with E-state index in [0.717, 1.165) is 0 Å². The molecule has 10 heteroatoms. The summed E-state index contributed by atoms with van der Waals surface area (Å²) >= 11 is 0. The minimum absolute atomic E-state index is 0.00664. The zero-order valence-electron chi connectivity index (χ0n) is 18.5. The molecule has 0 aliphatic carbocycles. The van der Waals surface area contributed by atoms with Crippen molar-refractivity contribution < 1.29 is 28.3 Å². The molecule has 168 valence electrons. The van der Waals surface area contributed by atoms with Gasteiger partial charge in [-0.15, -0.1) is 0 Å². The van der Waals surface area contributed by atoms with Gasteiger partial charge in [-0.2, -0.15) is 4.57 Å². The van der Waals surface area contributed by atoms with E-state index in [0.29, 0.717) is 4.57 Å². The van der Waals surface area contributed by atoms with Crippen LogP contribution in [0.3, 0.4) is 0 Å². The summed E-state index contributed by atoms with van der Waals surface area (Å²) in [5.41, 5.74) is 0.323. The van der Waals surface area contributed by atoms with Crippen molar-refractivity contribution in [2.75, 3.05) is 0 Å². The molecule has 31 heavy (non-hydrogen) atoms. The number of carbonyl (C=O) groups excluding carboxylic acids is 2. The first-order valence-corrected chi connectivity index (χ1v) is 13.0. The lowest BCUT2D eigenvalue weighted by Crippen LogP contribution is -2.64. The number of carbonyl (C=O) groups is 3. The van der Waals surface area contributed by atoms with Crippen molar-refractivity contribution in [2.45, 2.75) is 64.4 Å². The first-order chi connectivity index (χ1) is 14.2. The lowest BCUT2D eigenvalue weighted by molar-refractivity contribution is -0.139. The predicted octanol–water partition coefficient (Wildman–Crippen LogP) is 3.22. The molecule has 1 aromatic heterocycles. The third-order valence-corrected chi connectivity index (χ3v) is 10.9. The highest BCUT2D eigenvalue weighted by atomic mass is 28.4. The van der Waals surface area contributed by atoms with Gasteiger partial charge < -0.3 is 19.3 Å². The van der Waals surface area contributed by atoms with E-state index in [1.54, 1.807) is 0 Å². The monoisotopic (exact) mass is 448 g/mol. The van der Waals surface area contributed by atoms with Crippen LogP contribution in [0.15, 0.2) is 27.4 Å². The Kier molecular flexibility index (Phi) is 5.74. The Morgan fingerprint density at radius 3 is 2.48 bits per heavy atom. The number of hydrogen-bond acceptors (Lipinski definition) is 6. The number of rotatable bonds is 6. The lowest BCUT2D eigenvalue weighted by atomic mass is 9.82. The number of carboxylic acid groups (broad SMARTS) is 1. The van der Waals surface area contributed by atoms with Gasteiger partial charge >= 0.3 is 11.8 Å². The summed E-state index contributed by atoms with van der Waals surface area (Å²) in [6, 6.07) is 3.82. The average molecular weight is 449 g/mol. The molecule has 0 spiro atoms. The van der Waals surface area contributed by atoms with Crippen LogP contribution >= 0.6 is 0 Å². The van der Waals surface area contributed by atoms with Gasteiger partial charge in [0, 0.05) is 12.0 Å². The second kappa shape index (κ2) is 7.76. The number of benzene rings is 1. The van der Waals surface area contributed by atoms with E-state index in [4.69, 9.17) is 8.84 Å². The van der Waals surface area contributed by atoms with Crippen molar-refractivity contribution in [2.24, 2.45) is 5.92 Å². The molecule has 2 aromatic rings. The van der Waals surface area contributed by atoms with Gasteiger partial charge in [0.05, 0.1) is 18.1 Å². The van der Waals surface area contributed by atoms with Crippen LogP contribution in [0.1, 0.15) is 44.5 Å². The number of aromatic nitrogens is 1. The number of nitrogens with one attached hydrogen (secondary N) is 1. The minimum atomic E-state index is -2.08. The largest absolute Gasteiger partial charge is 0.464 e. The molecule has 1 amide bonds. The lowest BCUT2D eigenvalue weighted by Gasteiger charge is -2.45. The molecule has 3 atom stereocenters. The molecule has 1 saturated heterocycles. The van der Waals surface area contributed by atoms with Crippen LogP contribution in [0.2, 0.25) is 18.1 Å². The number of nitrogens with zero attached hydrogens (tertiary/aromatic N) is 1. The highest BCUT2D eigenvalue weighted by molar-refractivity contribution is 6.74. The predicted molar refractivity (Wildman–Crippen MR) is 116 cm³/mol. The van der Waals surface area contributed by atoms with Crippen LogP contribution in [-0.4, -0.2) is 47.9 Å². The number of amides is 1. The maximum absolute atomic E-state index is 12.8. The Balaban J connectivity index is 1.77. The van der Waals surface area contributed by atoms with Gasteiger partial charge in [0.1, 0.15) is 5.52 Å². The third kappa shape index (κ3) is 4.22. The fourth-order valence-electron chi connectivity index (χ4n) is 3.58. The summed E-state index contributed by atoms with van der Waals surface area (Å²) in [4.78, 5) is 48.1. The van der Waals surface area contributed by atoms with Crippen molar-refractivity contribution in [1.29, 1.82) is 0 Å². The van der Waals surface area contributed by atoms with Crippen LogP contribution in [0, 0.1) is 5.92 Å². The second-order valence-corrected chi connectivity index (χ2v) is 14.3. The van der Waals surface area contributed by atoms with E-state index in [9.17, 15) is 24.3 Å². The van der Waals surface area contributed by atoms with Crippen LogP contribution in [0.5, 0.6) is 0 Å². The van der Waals surface area contributed by atoms with Crippen molar-refractivity contribution >= 4 is 37.2 Å². The summed E-state index contributed by atoms with van der Waals surface area (Å²) in [7, 11) is -2.08. The van der Waals surface area contributed by atoms with Crippen LogP contribution in [-0.2, 0) is 9.22 Å². The molecule has 1 aliphatic rings. The van der Waals surface area contributed by atoms with E-state index in [-0.39, 0.29) is 52.0 Å². The van der Waals surface area contributed by atoms with Gasteiger partial charge in [0.2, 0.25) is 5.91 Å². The first kappa shape index (κ1) is 23.0. The van der Waals surface area contributed by atoms with Crippen molar-refractivity contribution in [1.82, 2.24) is 9.88 Å². The zero-order chi connectivity index (χ0) is 23.3. The van der Waals surface area contributed by atoms with Crippen molar-refractivity contribution in [3.63, 3.8) is 0 Å². The molecule has 3 unspecified atom stereocenters.